The molecule has 0 aliphatic carbocycles. The van der Waals surface area contributed by atoms with E-state index < -0.39 is 5.82 Å². The van der Waals surface area contributed by atoms with Crippen LogP contribution in [0.4, 0.5) is 4.39 Å². The Hall–Kier alpha value is -3.20. The number of rotatable bonds is 8. The highest BCUT2D eigenvalue weighted by Crippen LogP contribution is 2.27. The summed E-state index contributed by atoms with van der Waals surface area (Å²) in [4.78, 5) is 18.9. The molecule has 0 saturated carbocycles. The lowest BCUT2D eigenvalue weighted by atomic mass is 10.2. The van der Waals surface area contributed by atoms with Crippen LogP contribution in [0, 0.1) is 5.82 Å². The Morgan fingerprint density at radius 1 is 1.22 bits per heavy atom. The van der Waals surface area contributed by atoms with E-state index in [0.717, 1.165) is 35.0 Å². The van der Waals surface area contributed by atoms with Crippen LogP contribution >= 0.6 is 11.8 Å². The van der Waals surface area contributed by atoms with Gasteiger partial charge in [-0.05, 0) is 30.2 Å². The molecule has 0 bridgehead atoms. The number of benzene rings is 2. The molecule has 1 amide bonds. The predicted molar refractivity (Wildman–Crippen MR) is 123 cm³/mol. The number of aryl methyl sites for hydroxylation is 1. The van der Waals surface area contributed by atoms with Crippen LogP contribution < -0.4 is 4.74 Å². The van der Waals surface area contributed by atoms with Crippen molar-refractivity contribution in [2.75, 3.05) is 19.9 Å². The lowest BCUT2D eigenvalue weighted by Gasteiger charge is -2.17. The van der Waals surface area contributed by atoms with E-state index in [0.29, 0.717) is 17.3 Å². The highest BCUT2D eigenvalue weighted by Gasteiger charge is 2.16. The van der Waals surface area contributed by atoms with Gasteiger partial charge in [0.25, 0.3) is 0 Å². The Bertz CT molecular complexity index is 1280. The van der Waals surface area contributed by atoms with E-state index in [-0.39, 0.29) is 17.4 Å². The molecule has 0 aliphatic heterocycles. The topological polar surface area (TPSA) is 73.1 Å². The minimum Gasteiger partial charge on any atom is -0.494 e. The molecule has 0 fully saturated rings. The monoisotopic (exact) mass is 453 g/mol. The first kappa shape index (κ1) is 22.0. The summed E-state index contributed by atoms with van der Waals surface area (Å²) >= 11 is 1.24. The van der Waals surface area contributed by atoms with Gasteiger partial charge in [-0.2, -0.15) is 0 Å². The summed E-state index contributed by atoms with van der Waals surface area (Å²) in [7, 11) is 3.10. The van der Waals surface area contributed by atoms with E-state index in [1.165, 1.54) is 24.9 Å². The SMILES string of the molecule is CCCn1c2ccccc2c2nnc(SCC(=O)N(C)Cc3ccc(OC)c(F)c3)nc21. The summed E-state index contributed by atoms with van der Waals surface area (Å²) in [6, 6.07) is 12.7. The average molecular weight is 454 g/mol. The molecule has 0 aliphatic rings. The van der Waals surface area contributed by atoms with Crippen LogP contribution in [0.25, 0.3) is 22.1 Å². The Balaban J connectivity index is 1.47. The number of para-hydroxylation sites is 1. The number of amides is 1. The Morgan fingerprint density at radius 2 is 2.03 bits per heavy atom. The third-order valence-corrected chi connectivity index (χ3v) is 6.01. The maximum absolute atomic E-state index is 13.9. The first-order chi connectivity index (χ1) is 15.5. The molecule has 4 rings (SSSR count). The molecule has 0 unspecified atom stereocenters. The zero-order valence-electron chi connectivity index (χ0n) is 18.2. The highest BCUT2D eigenvalue weighted by atomic mass is 32.2. The summed E-state index contributed by atoms with van der Waals surface area (Å²) in [5.74, 6) is -0.214. The molecule has 2 heterocycles. The first-order valence-corrected chi connectivity index (χ1v) is 11.3. The Morgan fingerprint density at radius 3 is 2.78 bits per heavy atom. The maximum Gasteiger partial charge on any atom is 0.233 e. The van der Waals surface area contributed by atoms with Crippen molar-refractivity contribution in [2.24, 2.45) is 0 Å². The van der Waals surface area contributed by atoms with Gasteiger partial charge in [0.1, 0.15) is 5.52 Å². The predicted octanol–water partition coefficient (Wildman–Crippen LogP) is 4.29. The number of ether oxygens (including phenoxy) is 1. The van der Waals surface area contributed by atoms with Gasteiger partial charge >= 0.3 is 0 Å². The molecule has 7 nitrogen and oxygen atoms in total. The fourth-order valence-corrected chi connectivity index (χ4v) is 4.33. The molecule has 32 heavy (non-hydrogen) atoms. The quantitative estimate of drug-likeness (QED) is 0.371. The largest absolute Gasteiger partial charge is 0.494 e. The minimum atomic E-state index is -0.449. The lowest BCUT2D eigenvalue weighted by Crippen LogP contribution is -2.27. The van der Waals surface area contributed by atoms with Crippen LogP contribution in [-0.2, 0) is 17.9 Å². The van der Waals surface area contributed by atoms with Gasteiger partial charge < -0.3 is 14.2 Å². The van der Waals surface area contributed by atoms with Crippen LogP contribution in [0.3, 0.4) is 0 Å². The number of hydrogen-bond donors (Lipinski definition) is 0. The van der Waals surface area contributed by atoms with E-state index in [9.17, 15) is 9.18 Å². The van der Waals surface area contributed by atoms with E-state index in [1.807, 2.05) is 18.2 Å². The van der Waals surface area contributed by atoms with Gasteiger partial charge in [-0.3, -0.25) is 4.79 Å². The Kier molecular flexibility index (Phi) is 6.55. The smallest absolute Gasteiger partial charge is 0.233 e. The van der Waals surface area contributed by atoms with Crippen molar-refractivity contribution >= 4 is 39.7 Å². The Labute approximate surface area is 189 Å². The fourth-order valence-electron chi connectivity index (χ4n) is 3.61. The maximum atomic E-state index is 13.9. The molecule has 4 aromatic rings. The summed E-state index contributed by atoms with van der Waals surface area (Å²) in [5.41, 5.74) is 3.31. The van der Waals surface area contributed by atoms with Crippen molar-refractivity contribution in [2.45, 2.75) is 31.6 Å². The molecule has 0 spiro atoms. The van der Waals surface area contributed by atoms with Crippen molar-refractivity contribution in [3.63, 3.8) is 0 Å². The van der Waals surface area contributed by atoms with Crippen molar-refractivity contribution in [1.82, 2.24) is 24.6 Å². The minimum absolute atomic E-state index is 0.107. The summed E-state index contributed by atoms with van der Waals surface area (Å²) in [6.45, 7) is 3.24. The number of halogens is 1. The van der Waals surface area contributed by atoms with Gasteiger partial charge in [0.2, 0.25) is 11.1 Å². The number of carbonyl (C=O) groups excluding carboxylic acids is 1. The third kappa shape index (κ3) is 4.38. The second-order valence-electron chi connectivity index (χ2n) is 7.44. The molecule has 0 radical (unpaired) electrons. The summed E-state index contributed by atoms with van der Waals surface area (Å²) in [5, 5.41) is 10.1. The number of methoxy groups -OCH3 is 1. The molecule has 2 aromatic heterocycles. The molecule has 0 N–H and O–H groups in total. The third-order valence-electron chi connectivity index (χ3n) is 5.19. The zero-order chi connectivity index (χ0) is 22.7. The molecule has 166 valence electrons. The normalized spacial score (nSPS) is 11.2. The first-order valence-electron chi connectivity index (χ1n) is 10.3. The van der Waals surface area contributed by atoms with Gasteiger partial charge in [0, 0.05) is 25.5 Å². The van der Waals surface area contributed by atoms with Gasteiger partial charge in [-0.25, -0.2) is 9.37 Å². The number of thioether (sulfide) groups is 1. The van der Waals surface area contributed by atoms with Gasteiger partial charge in [0.05, 0.1) is 18.4 Å². The molecule has 2 aromatic carbocycles. The molecular weight excluding hydrogens is 429 g/mol. The molecule has 0 saturated heterocycles. The standard InChI is InChI=1S/C23H24FN5O2S/c1-4-11-29-18-8-6-5-7-16(18)21-22(29)25-23(27-26-21)32-14-20(30)28(2)13-15-9-10-19(31-3)17(24)12-15/h5-10,12H,4,11,13-14H2,1-3H3. The summed E-state index contributed by atoms with van der Waals surface area (Å²) < 4.78 is 21.0. The van der Waals surface area contributed by atoms with Crippen molar-refractivity contribution in [3.05, 3.63) is 53.8 Å². The molecule has 9 heteroatoms. The molecular formula is C23H24FN5O2S. The van der Waals surface area contributed by atoms with E-state index >= 15 is 0 Å². The van der Waals surface area contributed by atoms with Gasteiger partial charge in [-0.15, -0.1) is 10.2 Å². The number of fused-ring (bicyclic) bond motifs is 3. The van der Waals surface area contributed by atoms with Crippen LogP contribution in [0.15, 0.2) is 47.6 Å². The average Bonchev–Trinajstić information content (AvgIpc) is 3.11. The molecule has 0 atom stereocenters. The second kappa shape index (κ2) is 9.52. The zero-order valence-corrected chi connectivity index (χ0v) is 19.0. The lowest BCUT2D eigenvalue weighted by molar-refractivity contribution is -0.127. The highest BCUT2D eigenvalue weighted by molar-refractivity contribution is 7.99. The van der Waals surface area contributed by atoms with Gasteiger partial charge in [0.15, 0.2) is 17.2 Å². The van der Waals surface area contributed by atoms with Crippen LogP contribution in [-0.4, -0.2) is 50.5 Å². The van der Waals surface area contributed by atoms with Crippen molar-refractivity contribution in [3.8, 4) is 5.75 Å². The van der Waals surface area contributed by atoms with Crippen LogP contribution in [0.5, 0.6) is 5.75 Å². The van der Waals surface area contributed by atoms with Crippen LogP contribution in [0.1, 0.15) is 18.9 Å². The van der Waals surface area contributed by atoms with E-state index in [2.05, 4.69) is 27.8 Å². The number of hydrogen-bond acceptors (Lipinski definition) is 6. The number of aromatic nitrogens is 4. The van der Waals surface area contributed by atoms with Crippen molar-refractivity contribution < 1.29 is 13.9 Å². The van der Waals surface area contributed by atoms with E-state index in [1.54, 1.807) is 24.1 Å². The van der Waals surface area contributed by atoms with E-state index in [4.69, 9.17) is 9.72 Å². The fraction of sp³-hybridized carbons (Fsp3) is 0.304. The second-order valence-corrected chi connectivity index (χ2v) is 8.39. The van der Waals surface area contributed by atoms with Gasteiger partial charge in [-0.1, -0.05) is 43.0 Å². The van der Waals surface area contributed by atoms with Crippen LogP contribution in [0.2, 0.25) is 0 Å². The number of carbonyl (C=O) groups is 1. The summed E-state index contributed by atoms with van der Waals surface area (Å²) in [6.07, 6.45) is 0.968. The number of nitrogens with zero attached hydrogens (tertiary/aromatic N) is 5. The van der Waals surface area contributed by atoms with Crippen molar-refractivity contribution in [1.29, 1.82) is 0 Å².